The number of benzene rings is 1. The molecule has 1 aliphatic heterocycles. The molecule has 0 atom stereocenters. The van der Waals surface area contributed by atoms with Gasteiger partial charge in [0.25, 0.3) is 0 Å². The van der Waals surface area contributed by atoms with Gasteiger partial charge in [0.2, 0.25) is 0 Å². The Morgan fingerprint density at radius 3 is 2.94 bits per heavy atom. The summed E-state index contributed by atoms with van der Waals surface area (Å²) in [7, 11) is 0. The zero-order chi connectivity index (χ0) is 11.8. The van der Waals surface area contributed by atoms with Gasteiger partial charge in [0.15, 0.2) is 0 Å². The largest absolute Gasteiger partial charge is 0.478 e. The van der Waals surface area contributed by atoms with Gasteiger partial charge in [-0.25, -0.2) is 4.79 Å². The number of allylic oxidation sites excluding steroid dienone is 3. The number of hydrogen-bond donors (Lipinski definition) is 1. The van der Waals surface area contributed by atoms with Crippen molar-refractivity contribution in [3.05, 3.63) is 46.4 Å². The summed E-state index contributed by atoms with van der Waals surface area (Å²) < 4.78 is 0. The number of rotatable bonds is 1. The van der Waals surface area contributed by atoms with E-state index in [2.05, 4.69) is 0 Å². The fourth-order valence-electron chi connectivity index (χ4n) is 2.14. The summed E-state index contributed by atoms with van der Waals surface area (Å²) in [6, 6.07) is 4.06. The van der Waals surface area contributed by atoms with Crippen LogP contribution in [-0.4, -0.2) is 16.8 Å². The number of hydrogen-bond acceptors (Lipinski definition) is 2. The Labute approximate surface area is 103 Å². The van der Waals surface area contributed by atoms with Crippen LogP contribution in [0.4, 0.5) is 0 Å². The third-order valence-electron chi connectivity index (χ3n) is 2.93. The van der Waals surface area contributed by atoms with Gasteiger partial charge in [0.1, 0.15) is 0 Å². The second-order valence-electron chi connectivity index (χ2n) is 3.92. The van der Waals surface area contributed by atoms with E-state index >= 15 is 0 Å². The van der Waals surface area contributed by atoms with Crippen LogP contribution in [0, 0.1) is 0 Å². The van der Waals surface area contributed by atoms with Crippen LogP contribution in [0.1, 0.15) is 5.56 Å². The molecule has 3 heteroatoms. The van der Waals surface area contributed by atoms with Crippen molar-refractivity contribution in [3.8, 4) is 0 Å². The molecule has 1 heterocycles. The Hall–Kier alpha value is -1.74. The Morgan fingerprint density at radius 1 is 1.24 bits per heavy atom. The SMILES string of the molecule is O=C(O)C1=c2c(ccc3c2=CC=CC=C3)SC1. The molecule has 0 amide bonds. The van der Waals surface area contributed by atoms with Crippen LogP contribution in [0.5, 0.6) is 0 Å². The molecule has 84 valence electrons. The van der Waals surface area contributed by atoms with Crippen molar-refractivity contribution < 1.29 is 9.90 Å². The molecule has 2 aliphatic rings. The summed E-state index contributed by atoms with van der Waals surface area (Å²) >= 11 is 1.60. The normalized spacial score (nSPS) is 16.1. The summed E-state index contributed by atoms with van der Waals surface area (Å²) in [5.74, 6) is -0.252. The number of fused-ring (bicyclic) bond motifs is 3. The lowest BCUT2D eigenvalue weighted by molar-refractivity contribution is -0.130. The molecule has 0 bridgehead atoms. The number of aliphatic carboxylic acids is 1. The topological polar surface area (TPSA) is 37.3 Å². The monoisotopic (exact) mass is 242 g/mol. The number of carboxylic acid groups (broad SMARTS) is 1. The summed E-state index contributed by atoms with van der Waals surface area (Å²) in [4.78, 5) is 12.3. The van der Waals surface area contributed by atoms with Gasteiger partial charge in [0.05, 0.1) is 5.57 Å². The van der Waals surface area contributed by atoms with E-state index in [1.54, 1.807) is 11.8 Å². The van der Waals surface area contributed by atoms with Gasteiger partial charge in [-0.05, 0) is 16.8 Å². The molecule has 0 saturated heterocycles. The maximum Gasteiger partial charge on any atom is 0.333 e. The lowest BCUT2D eigenvalue weighted by Gasteiger charge is -1.99. The van der Waals surface area contributed by atoms with E-state index in [1.165, 1.54) is 0 Å². The first-order valence-corrected chi connectivity index (χ1v) is 6.33. The quantitative estimate of drug-likeness (QED) is 0.808. The first-order valence-electron chi connectivity index (χ1n) is 5.35. The highest BCUT2D eigenvalue weighted by atomic mass is 32.2. The second kappa shape index (κ2) is 3.93. The van der Waals surface area contributed by atoms with Crippen molar-refractivity contribution in [2.24, 2.45) is 0 Å². The Bertz CT molecular complexity index is 681. The van der Waals surface area contributed by atoms with E-state index in [0.717, 1.165) is 20.9 Å². The van der Waals surface area contributed by atoms with E-state index in [4.69, 9.17) is 0 Å². The predicted molar refractivity (Wildman–Crippen MR) is 70.1 cm³/mol. The molecule has 0 saturated carbocycles. The molecular formula is C14H10O2S. The lowest BCUT2D eigenvalue weighted by Crippen LogP contribution is -2.31. The maximum absolute atomic E-state index is 11.2. The molecule has 1 aliphatic carbocycles. The molecule has 0 aromatic heterocycles. The second-order valence-corrected chi connectivity index (χ2v) is 4.94. The molecule has 0 spiro atoms. The van der Waals surface area contributed by atoms with Gasteiger partial charge < -0.3 is 5.11 Å². The van der Waals surface area contributed by atoms with Gasteiger partial charge in [0, 0.05) is 15.9 Å². The highest BCUT2D eigenvalue weighted by molar-refractivity contribution is 8.00. The van der Waals surface area contributed by atoms with E-state index in [0.29, 0.717) is 11.3 Å². The minimum atomic E-state index is -0.810. The van der Waals surface area contributed by atoms with Crippen LogP contribution in [0.2, 0.25) is 0 Å². The van der Waals surface area contributed by atoms with Crippen molar-refractivity contribution in [3.63, 3.8) is 0 Å². The van der Waals surface area contributed by atoms with Crippen LogP contribution in [-0.2, 0) is 4.79 Å². The van der Waals surface area contributed by atoms with E-state index in [1.807, 2.05) is 42.5 Å². The standard InChI is InChI=1S/C14H10O2S/c15-14(16)11-8-17-12-7-6-9-4-2-1-3-5-10(9)13(11)12/h1-7H,8H2,(H,15,16). The van der Waals surface area contributed by atoms with Crippen molar-refractivity contribution in [2.75, 3.05) is 5.75 Å². The van der Waals surface area contributed by atoms with Crippen LogP contribution in [0.15, 0.2) is 35.3 Å². The smallest absolute Gasteiger partial charge is 0.333 e. The summed E-state index contributed by atoms with van der Waals surface area (Å²) in [5, 5.41) is 11.2. The summed E-state index contributed by atoms with van der Waals surface area (Å²) in [6.45, 7) is 0. The molecule has 1 aromatic carbocycles. The maximum atomic E-state index is 11.2. The Kier molecular flexibility index (Phi) is 2.41. The lowest BCUT2D eigenvalue weighted by atomic mass is 10.1. The molecule has 17 heavy (non-hydrogen) atoms. The van der Waals surface area contributed by atoms with Gasteiger partial charge >= 0.3 is 5.97 Å². The van der Waals surface area contributed by atoms with Gasteiger partial charge in [-0.2, -0.15) is 0 Å². The van der Waals surface area contributed by atoms with Crippen molar-refractivity contribution in [1.82, 2.24) is 0 Å². The molecule has 3 rings (SSSR count). The molecule has 2 nitrogen and oxygen atoms in total. The molecule has 0 radical (unpaired) electrons. The number of thioether (sulfide) groups is 1. The first kappa shape index (κ1) is 10.4. The fraction of sp³-hybridized carbons (Fsp3) is 0.0714. The minimum absolute atomic E-state index is 0.516. The molecule has 1 N–H and O–H groups in total. The summed E-state index contributed by atoms with van der Waals surface area (Å²) in [6.07, 6.45) is 9.87. The predicted octanol–water partition coefficient (Wildman–Crippen LogP) is 1.39. The fourth-order valence-corrected chi connectivity index (χ4v) is 3.25. The van der Waals surface area contributed by atoms with E-state index in [-0.39, 0.29) is 0 Å². The first-order chi connectivity index (χ1) is 8.27. The zero-order valence-electron chi connectivity index (χ0n) is 9.01. The molecule has 1 aromatic rings. The number of carbonyl (C=O) groups is 1. The highest BCUT2D eigenvalue weighted by Gasteiger charge is 2.19. The molecule has 0 unspecified atom stereocenters. The average molecular weight is 242 g/mol. The number of carboxylic acids is 1. The van der Waals surface area contributed by atoms with Crippen LogP contribution in [0.25, 0.3) is 17.7 Å². The zero-order valence-corrected chi connectivity index (χ0v) is 9.83. The van der Waals surface area contributed by atoms with E-state index < -0.39 is 5.97 Å². The van der Waals surface area contributed by atoms with E-state index in [9.17, 15) is 9.90 Å². The van der Waals surface area contributed by atoms with Gasteiger partial charge in [-0.15, -0.1) is 11.8 Å². The van der Waals surface area contributed by atoms with Gasteiger partial charge in [-0.3, -0.25) is 0 Å². The van der Waals surface area contributed by atoms with Crippen molar-refractivity contribution in [1.29, 1.82) is 0 Å². The Balaban J connectivity index is 2.49. The van der Waals surface area contributed by atoms with Gasteiger partial charge in [-0.1, -0.05) is 36.4 Å². The third kappa shape index (κ3) is 1.63. The van der Waals surface area contributed by atoms with Crippen molar-refractivity contribution in [2.45, 2.75) is 4.90 Å². The van der Waals surface area contributed by atoms with Crippen molar-refractivity contribution >= 4 is 35.5 Å². The van der Waals surface area contributed by atoms with Crippen LogP contribution >= 0.6 is 11.8 Å². The highest BCUT2D eigenvalue weighted by Crippen LogP contribution is 2.23. The Morgan fingerprint density at radius 2 is 2.12 bits per heavy atom. The molecular weight excluding hydrogens is 232 g/mol. The van der Waals surface area contributed by atoms with Crippen LogP contribution < -0.4 is 10.4 Å². The summed E-state index contributed by atoms with van der Waals surface area (Å²) in [5.41, 5.74) is 1.59. The molecule has 0 fully saturated rings. The van der Waals surface area contributed by atoms with Crippen LogP contribution in [0.3, 0.4) is 0 Å². The third-order valence-corrected chi connectivity index (χ3v) is 4.02. The minimum Gasteiger partial charge on any atom is -0.478 e. The average Bonchev–Trinajstić information content (AvgIpc) is 2.60.